The second kappa shape index (κ2) is 10.5. The Labute approximate surface area is 185 Å². The molecule has 0 saturated heterocycles. The van der Waals surface area contributed by atoms with Crippen molar-refractivity contribution >= 4 is 40.7 Å². The van der Waals surface area contributed by atoms with Gasteiger partial charge in [0.25, 0.3) is 11.8 Å². The molecule has 162 valence electrons. The van der Waals surface area contributed by atoms with Crippen LogP contribution in [-0.2, 0) is 16.0 Å². The summed E-state index contributed by atoms with van der Waals surface area (Å²) in [6.45, 7) is 1.84. The number of carbonyl (C=O) groups excluding carboxylic acids is 3. The number of rotatable bonds is 7. The molecule has 4 N–H and O–H groups in total. The third-order valence-corrected chi connectivity index (χ3v) is 4.81. The van der Waals surface area contributed by atoms with Gasteiger partial charge < -0.3 is 10.1 Å². The zero-order valence-electron chi connectivity index (χ0n) is 17.1. The van der Waals surface area contributed by atoms with Gasteiger partial charge in [-0.15, -0.1) is 0 Å². The Morgan fingerprint density at radius 2 is 1.68 bits per heavy atom. The highest BCUT2D eigenvalue weighted by Gasteiger charge is 2.29. The molecule has 0 bridgehead atoms. The van der Waals surface area contributed by atoms with Crippen LogP contribution in [0.1, 0.15) is 35.7 Å². The maximum absolute atomic E-state index is 12.2. The molecular formula is C22H24N4O4S. The number of hydrogen-bond acceptors (Lipinski definition) is 5. The molecule has 1 saturated carbocycles. The van der Waals surface area contributed by atoms with Crippen molar-refractivity contribution < 1.29 is 19.1 Å². The largest absolute Gasteiger partial charge is 0.484 e. The summed E-state index contributed by atoms with van der Waals surface area (Å²) in [7, 11) is 0. The van der Waals surface area contributed by atoms with Gasteiger partial charge in [-0.3, -0.25) is 30.6 Å². The molecule has 31 heavy (non-hydrogen) atoms. The van der Waals surface area contributed by atoms with Gasteiger partial charge in [0.2, 0.25) is 5.91 Å². The van der Waals surface area contributed by atoms with E-state index < -0.39 is 11.8 Å². The molecule has 0 spiro atoms. The maximum Gasteiger partial charge on any atom is 0.269 e. The molecule has 0 unspecified atom stereocenters. The SMILES string of the molecule is CCc1ccc(OCC(=O)NC(=S)NNC(=O)c2ccc(NC(=O)C3CC3)cc2)cc1. The summed E-state index contributed by atoms with van der Waals surface area (Å²) < 4.78 is 5.40. The number of hydrogen-bond donors (Lipinski definition) is 4. The zero-order chi connectivity index (χ0) is 22.2. The van der Waals surface area contributed by atoms with Crippen LogP contribution in [0.15, 0.2) is 48.5 Å². The predicted molar refractivity (Wildman–Crippen MR) is 120 cm³/mol. The summed E-state index contributed by atoms with van der Waals surface area (Å²) in [5.74, 6) is -0.209. The van der Waals surface area contributed by atoms with E-state index in [1.54, 1.807) is 36.4 Å². The Bertz CT molecular complexity index is 956. The molecule has 0 aliphatic heterocycles. The highest BCUT2D eigenvalue weighted by Crippen LogP contribution is 2.30. The average Bonchev–Trinajstić information content (AvgIpc) is 3.62. The summed E-state index contributed by atoms with van der Waals surface area (Å²) in [5, 5.41) is 5.17. The van der Waals surface area contributed by atoms with Crippen molar-refractivity contribution in [2.75, 3.05) is 11.9 Å². The highest BCUT2D eigenvalue weighted by atomic mass is 32.1. The first-order valence-corrected chi connectivity index (χ1v) is 10.4. The van der Waals surface area contributed by atoms with Crippen LogP contribution in [0.25, 0.3) is 0 Å². The fraction of sp³-hybridized carbons (Fsp3) is 0.273. The molecule has 1 aliphatic carbocycles. The normalized spacial score (nSPS) is 12.4. The van der Waals surface area contributed by atoms with Crippen molar-refractivity contribution in [2.45, 2.75) is 26.2 Å². The smallest absolute Gasteiger partial charge is 0.269 e. The number of nitrogens with one attached hydrogen (secondary N) is 4. The van der Waals surface area contributed by atoms with E-state index in [9.17, 15) is 14.4 Å². The van der Waals surface area contributed by atoms with E-state index in [1.165, 1.54) is 5.56 Å². The monoisotopic (exact) mass is 440 g/mol. The molecule has 1 aliphatic rings. The summed E-state index contributed by atoms with van der Waals surface area (Å²) in [6, 6.07) is 13.9. The number of ether oxygens (including phenoxy) is 1. The van der Waals surface area contributed by atoms with E-state index in [0.717, 1.165) is 19.3 Å². The standard InChI is InChI=1S/C22H24N4O4S/c1-2-14-3-11-18(12-4-14)30-13-19(27)24-22(31)26-25-21(29)16-7-9-17(10-8-16)23-20(28)15-5-6-15/h3-4,7-12,15H,2,5-6,13H2,1H3,(H,23,28)(H,25,29)(H2,24,26,27,31). The van der Waals surface area contributed by atoms with Crippen LogP contribution in [0.4, 0.5) is 5.69 Å². The van der Waals surface area contributed by atoms with Gasteiger partial charge in [-0.05, 0) is 73.4 Å². The minimum absolute atomic E-state index is 0.00177. The van der Waals surface area contributed by atoms with Crippen LogP contribution in [0, 0.1) is 5.92 Å². The average molecular weight is 441 g/mol. The first-order valence-electron chi connectivity index (χ1n) is 9.97. The lowest BCUT2D eigenvalue weighted by molar-refractivity contribution is -0.121. The molecule has 8 nitrogen and oxygen atoms in total. The molecule has 0 atom stereocenters. The maximum atomic E-state index is 12.2. The first-order chi connectivity index (χ1) is 14.9. The molecule has 2 aromatic rings. The summed E-state index contributed by atoms with van der Waals surface area (Å²) in [5.41, 5.74) is 7.05. The van der Waals surface area contributed by atoms with Gasteiger partial charge in [-0.25, -0.2) is 0 Å². The molecule has 0 radical (unpaired) electrons. The van der Waals surface area contributed by atoms with Crippen LogP contribution >= 0.6 is 12.2 Å². The van der Waals surface area contributed by atoms with Gasteiger partial charge in [0.1, 0.15) is 5.75 Å². The highest BCUT2D eigenvalue weighted by molar-refractivity contribution is 7.80. The minimum Gasteiger partial charge on any atom is -0.484 e. The Morgan fingerprint density at radius 1 is 1.00 bits per heavy atom. The molecule has 3 amide bonds. The van der Waals surface area contributed by atoms with Gasteiger partial charge in [0.05, 0.1) is 0 Å². The first kappa shape index (κ1) is 22.2. The van der Waals surface area contributed by atoms with Crippen molar-refractivity contribution in [1.29, 1.82) is 0 Å². The van der Waals surface area contributed by atoms with Crippen LogP contribution < -0.4 is 26.2 Å². The van der Waals surface area contributed by atoms with Gasteiger partial charge in [-0.2, -0.15) is 0 Å². The number of anilines is 1. The second-order valence-corrected chi connectivity index (χ2v) is 7.49. The van der Waals surface area contributed by atoms with E-state index in [4.69, 9.17) is 17.0 Å². The molecule has 1 fully saturated rings. The Kier molecular flexibility index (Phi) is 7.55. The van der Waals surface area contributed by atoms with Crippen LogP contribution in [0.5, 0.6) is 5.75 Å². The predicted octanol–water partition coefficient (Wildman–Crippen LogP) is 2.31. The fourth-order valence-corrected chi connectivity index (χ4v) is 2.81. The molecule has 3 rings (SSSR count). The lowest BCUT2D eigenvalue weighted by Crippen LogP contribution is -2.49. The number of aryl methyl sites for hydroxylation is 1. The topological polar surface area (TPSA) is 109 Å². The lowest BCUT2D eigenvalue weighted by atomic mass is 10.2. The number of hydrazine groups is 1. The molecule has 0 heterocycles. The van der Waals surface area contributed by atoms with Crippen LogP contribution in [0.3, 0.4) is 0 Å². The van der Waals surface area contributed by atoms with E-state index in [2.05, 4.69) is 28.4 Å². The Hall–Kier alpha value is -3.46. The van der Waals surface area contributed by atoms with Gasteiger partial charge in [0.15, 0.2) is 11.7 Å². The van der Waals surface area contributed by atoms with E-state index >= 15 is 0 Å². The number of thiocarbonyl (C=S) groups is 1. The lowest BCUT2D eigenvalue weighted by Gasteiger charge is -2.12. The molecular weight excluding hydrogens is 416 g/mol. The van der Waals surface area contributed by atoms with Crippen molar-refractivity contribution in [1.82, 2.24) is 16.2 Å². The zero-order valence-corrected chi connectivity index (χ0v) is 17.9. The quantitative estimate of drug-likeness (QED) is 0.389. The van der Waals surface area contributed by atoms with E-state index in [-0.39, 0.29) is 23.5 Å². The summed E-state index contributed by atoms with van der Waals surface area (Å²) in [4.78, 5) is 35.9. The summed E-state index contributed by atoms with van der Waals surface area (Å²) in [6.07, 6.45) is 2.77. The second-order valence-electron chi connectivity index (χ2n) is 7.08. The van der Waals surface area contributed by atoms with Crippen LogP contribution in [0.2, 0.25) is 0 Å². The van der Waals surface area contributed by atoms with Crippen molar-refractivity contribution in [3.05, 3.63) is 59.7 Å². The van der Waals surface area contributed by atoms with Crippen LogP contribution in [-0.4, -0.2) is 29.4 Å². The van der Waals surface area contributed by atoms with Crippen molar-refractivity contribution in [2.24, 2.45) is 5.92 Å². The number of benzene rings is 2. The van der Waals surface area contributed by atoms with Gasteiger partial charge in [0, 0.05) is 17.2 Å². The Morgan fingerprint density at radius 3 is 2.29 bits per heavy atom. The Balaban J connectivity index is 1.37. The number of carbonyl (C=O) groups is 3. The fourth-order valence-electron chi connectivity index (χ4n) is 2.64. The van der Waals surface area contributed by atoms with Crippen molar-refractivity contribution in [3.63, 3.8) is 0 Å². The molecule has 2 aromatic carbocycles. The third kappa shape index (κ3) is 7.07. The van der Waals surface area contributed by atoms with E-state index in [1.807, 2.05) is 12.1 Å². The minimum atomic E-state index is -0.456. The van der Waals surface area contributed by atoms with Gasteiger partial charge in [-0.1, -0.05) is 19.1 Å². The van der Waals surface area contributed by atoms with E-state index in [0.29, 0.717) is 17.0 Å². The van der Waals surface area contributed by atoms with Gasteiger partial charge >= 0.3 is 0 Å². The third-order valence-electron chi connectivity index (χ3n) is 4.61. The molecule has 9 heteroatoms. The number of amides is 3. The summed E-state index contributed by atoms with van der Waals surface area (Å²) >= 11 is 5.00. The molecule has 0 aromatic heterocycles. The van der Waals surface area contributed by atoms with Crippen molar-refractivity contribution in [3.8, 4) is 5.75 Å².